The van der Waals surface area contributed by atoms with Gasteiger partial charge in [0.15, 0.2) is 0 Å². The first kappa shape index (κ1) is 17.2. The van der Waals surface area contributed by atoms with E-state index >= 15 is 0 Å². The summed E-state index contributed by atoms with van der Waals surface area (Å²) in [5.41, 5.74) is 0. The van der Waals surface area contributed by atoms with Crippen LogP contribution in [-0.4, -0.2) is 58.5 Å². The number of hydrogen-bond acceptors (Lipinski definition) is 4. The molecule has 0 saturated carbocycles. The third-order valence-corrected chi connectivity index (χ3v) is 6.48. The van der Waals surface area contributed by atoms with Crippen LogP contribution in [0.25, 0.3) is 10.8 Å². The SMILES string of the molecule is COc1ccc(S(=O)(=O)N2CCC(CN(C)C)C2)c2ccccc12. The zero-order chi connectivity index (χ0) is 17.3. The molecule has 2 aromatic carbocycles. The standard InChI is InChI=1S/C18H24N2O3S/c1-19(2)12-14-10-11-20(13-14)24(21,22)18-9-8-17(23-3)15-6-4-5-7-16(15)18/h4-9,14H,10-13H2,1-3H3. The summed E-state index contributed by atoms with van der Waals surface area (Å²) in [6, 6.07) is 10.9. The van der Waals surface area contributed by atoms with Crippen LogP contribution >= 0.6 is 0 Å². The van der Waals surface area contributed by atoms with E-state index in [4.69, 9.17) is 4.74 Å². The van der Waals surface area contributed by atoms with Crippen molar-refractivity contribution in [1.29, 1.82) is 0 Å². The topological polar surface area (TPSA) is 49.9 Å². The molecule has 1 aliphatic rings. The van der Waals surface area contributed by atoms with Crippen LogP contribution in [0.2, 0.25) is 0 Å². The van der Waals surface area contributed by atoms with Gasteiger partial charge in [0.1, 0.15) is 5.75 Å². The number of benzene rings is 2. The molecule has 3 rings (SSSR count). The average Bonchev–Trinajstić information content (AvgIpc) is 3.02. The van der Waals surface area contributed by atoms with E-state index in [2.05, 4.69) is 4.90 Å². The van der Waals surface area contributed by atoms with Crippen LogP contribution in [0.4, 0.5) is 0 Å². The molecule has 2 aromatic rings. The number of methoxy groups -OCH3 is 1. The van der Waals surface area contributed by atoms with E-state index < -0.39 is 10.0 Å². The minimum Gasteiger partial charge on any atom is -0.496 e. The Kier molecular flexibility index (Phi) is 4.80. The molecule has 0 aliphatic carbocycles. The Hall–Kier alpha value is -1.63. The number of rotatable bonds is 5. The molecule has 130 valence electrons. The van der Waals surface area contributed by atoms with E-state index in [1.165, 1.54) is 0 Å². The first-order valence-electron chi connectivity index (χ1n) is 8.14. The lowest BCUT2D eigenvalue weighted by Crippen LogP contribution is -2.31. The van der Waals surface area contributed by atoms with Crippen LogP contribution in [0.1, 0.15) is 6.42 Å². The molecule has 1 heterocycles. The fraction of sp³-hybridized carbons (Fsp3) is 0.444. The Balaban J connectivity index is 1.98. The second kappa shape index (κ2) is 6.70. The Morgan fingerprint density at radius 3 is 2.54 bits per heavy atom. The molecule has 1 aliphatic heterocycles. The van der Waals surface area contributed by atoms with Crippen molar-refractivity contribution >= 4 is 20.8 Å². The third kappa shape index (κ3) is 3.14. The van der Waals surface area contributed by atoms with E-state index in [-0.39, 0.29) is 0 Å². The summed E-state index contributed by atoms with van der Waals surface area (Å²) in [7, 11) is 2.14. The summed E-state index contributed by atoms with van der Waals surface area (Å²) in [6.07, 6.45) is 0.908. The van der Waals surface area contributed by atoms with E-state index in [9.17, 15) is 8.42 Å². The fourth-order valence-electron chi connectivity index (χ4n) is 3.47. The van der Waals surface area contributed by atoms with Crippen molar-refractivity contribution in [3.63, 3.8) is 0 Å². The van der Waals surface area contributed by atoms with Gasteiger partial charge >= 0.3 is 0 Å². The Morgan fingerprint density at radius 1 is 1.17 bits per heavy atom. The van der Waals surface area contributed by atoms with Crippen molar-refractivity contribution in [2.75, 3.05) is 40.8 Å². The molecule has 1 fully saturated rings. The van der Waals surface area contributed by atoms with Crippen molar-refractivity contribution in [3.8, 4) is 5.75 Å². The van der Waals surface area contributed by atoms with Gasteiger partial charge in [-0.1, -0.05) is 24.3 Å². The molecule has 1 atom stereocenters. The van der Waals surface area contributed by atoms with E-state index in [0.717, 1.165) is 18.4 Å². The summed E-state index contributed by atoms with van der Waals surface area (Å²) in [5, 5.41) is 1.54. The van der Waals surface area contributed by atoms with Crippen LogP contribution < -0.4 is 4.74 Å². The zero-order valence-corrected chi connectivity index (χ0v) is 15.2. The second-order valence-electron chi connectivity index (χ2n) is 6.59. The fourth-order valence-corrected chi connectivity index (χ4v) is 5.19. The van der Waals surface area contributed by atoms with Gasteiger partial charge in [-0.05, 0) is 38.6 Å². The van der Waals surface area contributed by atoms with Crippen molar-refractivity contribution in [2.24, 2.45) is 5.92 Å². The van der Waals surface area contributed by atoms with Gasteiger partial charge in [-0.25, -0.2) is 8.42 Å². The van der Waals surface area contributed by atoms with Gasteiger partial charge < -0.3 is 9.64 Å². The van der Waals surface area contributed by atoms with Gasteiger partial charge in [0.2, 0.25) is 10.0 Å². The predicted molar refractivity (Wildman–Crippen MR) is 95.9 cm³/mol. The number of fused-ring (bicyclic) bond motifs is 1. The quantitative estimate of drug-likeness (QED) is 0.833. The average molecular weight is 348 g/mol. The molecule has 1 unspecified atom stereocenters. The summed E-state index contributed by atoms with van der Waals surface area (Å²) in [4.78, 5) is 2.48. The zero-order valence-electron chi connectivity index (χ0n) is 14.4. The van der Waals surface area contributed by atoms with E-state index in [0.29, 0.717) is 35.0 Å². The molecule has 0 aromatic heterocycles. The Morgan fingerprint density at radius 2 is 1.88 bits per heavy atom. The lowest BCUT2D eigenvalue weighted by molar-refractivity contribution is 0.329. The van der Waals surface area contributed by atoms with Crippen LogP contribution in [0.5, 0.6) is 5.75 Å². The maximum absolute atomic E-state index is 13.2. The molecule has 5 nitrogen and oxygen atoms in total. The number of hydrogen-bond donors (Lipinski definition) is 0. The van der Waals surface area contributed by atoms with Gasteiger partial charge in [0.25, 0.3) is 0 Å². The number of ether oxygens (including phenoxy) is 1. The lowest BCUT2D eigenvalue weighted by Gasteiger charge is -2.20. The van der Waals surface area contributed by atoms with Crippen LogP contribution in [0, 0.1) is 5.92 Å². The molecular weight excluding hydrogens is 324 g/mol. The third-order valence-electron chi connectivity index (χ3n) is 4.55. The first-order chi connectivity index (χ1) is 11.4. The first-order valence-corrected chi connectivity index (χ1v) is 9.58. The van der Waals surface area contributed by atoms with E-state index in [1.54, 1.807) is 23.5 Å². The molecule has 0 spiro atoms. The second-order valence-corrected chi connectivity index (χ2v) is 8.50. The molecule has 6 heteroatoms. The van der Waals surface area contributed by atoms with Crippen molar-refractivity contribution in [1.82, 2.24) is 9.21 Å². The summed E-state index contributed by atoms with van der Waals surface area (Å²) in [6.45, 7) is 2.08. The van der Waals surface area contributed by atoms with Gasteiger partial charge in [0, 0.05) is 30.4 Å². The highest BCUT2D eigenvalue weighted by atomic mass is 32.2. The van der Waals surface area contributed by atoms with E-state index in [1.807, 2.05) is 38.4 Å². The number of nitrogens with zero attached hydrogens (tertiary/aromatic N) is 2. The summed E-state index contributed by atoms with van der Waals surface area (Å²) >= 11 is 0. The lowest BCUT2D eigenvalue weighted by atomic mass is 10.1. The molecular formula is C18H24N2O3S. The minimum absolute atomic E-state index is 0.365. The predicted octanol–water partition coefficient (Wildman–Crippen LogP) is 2.42. The summed E-state index contributed by atoms with van der Waals surface area (Å²) < 4.78 is 33.3. The Bertz CT molecular complexity index is 833. The monoisotopic (exact) mass is 348 g/mol. The highest BCUT2D eigenvalue weighted by molar-refractivity contribution is 7.89. The van der Waals surface area contributed by atoms with Crippen LogP contribution in [0.3, 0.4) is 0 Å². The van der Waals surface area contributed by atoms with Gasteiger partial charge in [-0.3, -0.25) is 0 Å². The van der Waals surface area contributed by atoms with Gasteiger partial charge in [0.05, 0.1) is 12.0 Å². The van der Waals surface area contributed by atoms with Gasteiger partial charge in [-0.15, -0.1) is 0 Å². The largest absolute Gasteiger partial charge is 0.496 e. The maximum atomic E-state index is 13.2. The smallest absolute Gasteiger partial charge is 0.243 e. The Labute approximate surface area is 143 Å². The van der Waals surface area contributed by atoms with Crippen molar-refractivity contribution in [3.05, 3.63) is 36.4 Å². The molecule has 0 radical (unpaired) electrons. The highest BCUT2D eigenvalue weighted by Gasteiger charge is 2.33. The summed E-state index contributed by atoms with van der Waals surface area (Å²) in [5.74, 6) is 1.08. The van der Waals surface area contributed by atoms with Gasteiger partial charge in [-0.2, -0.15) is 4.31 Å². The van der Waals surface area contributed by atoms with Crippen molar-refractivity contribution < 1.29 is 13.2 Å². The van der Waals surface area contributed by atoms with Crippen molar-refractivity contribution in [2.45, 2.75) is 11.3 Å². The van der Waals surface area contributed by atoms with Crippen LogP contribution in [0.15, 0.2) is 41.3 Å². The molecule has 0 amide bonds. The minimum atomic E-state index is -3.50. The van der Waals surface area contributed by atoms with Crippen LogP contribution in [-0.2, 0) is 10.0 Å². The normalized spacial score (nSPS) is 19.2. The molecule has 24 heavy (non-hydrogen) atoms. The molecule has 1 saturated heterocycles. The number of sulfonamides is 1. The molecule has 0 bridgehead atoms. The highest BCUT2D eigenvalue weighted by Crippen LogP contribution is 2.34. The molecule has 0 N–H and O–H groups in total. The maximum Gasteiger partial charge on any atom is 0.243 e.